The van der Waals surface area contributed by atoms with Crippen molar-refractivity contribution in [3.63, 3.8) is 0 Å². The van der Waals surface area contributed by atoms with Crippen molar-refractivity contribution in [1.29, 1.82) is 5.26 Å². The van der Waals surface area contributed by atoms with Crippen molar-refractivity contribution in [3.8, 4) is 6.07 Å². The lowest BCUT2D eigenvalue weighted by Crippen LogP contribution is -2.38. The van der Waals surface area contributed by atoms with Crippen molar-refractivity contribution < 1.29 is 5.11 Å². The van der Waals surface area contributed by atoms with Gasteiger partial charge in [0.05, 0.1) is 11.7 Å². The van der Waals surface area contributed by atoms with Gasteiger partial charge in [-0.1, -0.05) is 12.8 Å². The molecule has 4 heteroatoms. The summed E-state index contributed by atoms with van der Waals surface area (Å²) in [5.74, 6) is 0.428. The smallest absolute Gasteiger partial charge is 0.101 e. The van der Waals surface area contributed by atoms with Crippen LogP contribution in [0.15, 0.2) is 12.3 Å². The molecule has 1 atom stereocenters. The van der Waals surface area contributed by atoms with Crippen LogP contribution >= 0.6 is 0 Å². The molecule has 0 saturated heterocycles. The monoisotopic (exact) mass is 287 g/mol. The number of aromatic nitrogens is 1. The number of rotatable bonds is 4. The molecule has 1 fully saturated rings. The Morgan fingerprint density at radius 1 is 1.43 bits per heavy atom. The zero-order chi connectivity index (χ0) is 15.5. The molecule has 0 spiro atoms. The van der Waals surface area contributed by atoms with Gasteiger partial charge in [-0.3, -0.25) is 4.98 Å². The third kappa shape index (κ3) is 4.26. The molecule has 1 saturated carbocycles. The molecule has 1 heterocycles. The largest absolute Gasteiger partial charge is 0.387 e. The fraction of sp³-hybridized carbons (Fsp3) is 0.647. The molecule has 0 bridgehead atoms. The molecule has 1 aromatic rings. The standard InChI is InChI=1S/C17H25N3O/c1-17(2,3)20-11-15(21)14-8-12(9-18)10-19-16(14)13-6-4-5-7-13/h8,10,13,15,20-21H,4-7,11H2,1-3H3/t15-/m0/s1. The number of hydrogen-bond donors (Lipinski definition) is 2. The Hall–Kier alpha value is -1.44. The maximum Gasteiger partial charge on any atom is 0.101 e. The highest BCUT2D eigenvalue weighted by molar-refractivity contribution is 5.36. The summed E-state index contributed by atoms with van der Waals surface area (Å²) in [4.78, 5) is 4.49. The van der Waals surface area contributed by atoms with Crippen LogP contribution in [0.25, 0.3) is 0 Å². The van der Waals surface area contributed by atoms with E-state index < -0.39 is 6.10 Å². The predicted molar refractivity (Wildman–Crippen MR) is 82.9 cm³/mol. The van der Waals surface area contributed by atoms with Gasteiger partial charge in [0.2, 0.25) is 0 Å². The van der Waals surface area contributed by atoms with Gasteiger partial charge in [0.25, 0.3) is 0 Å². The highest BCUT2D eigenvalue weighted by Crippen LogP contribution is 2.36. The van der Waals surface area contributed by atoms with E-state index in [0.29, 0.717) is 18.0 Å². The van der Waals surface area contributed by atoms with Gasteiger partial charge in [0.1, 0.15) is 6.07 Å². The van der Waals surface area contributed by atoms with Crippen LogP contribution < -0.4 is 5.32 Å². The van der Waals surface area contributed by atoms with Gasteiger partial charge >= 0.3 is 0 Å². The van der Waals surface area contributed by atoms with Crippen LogP contribution in [-0.4, -0.2) is 22.2 Å². The molecule has 1 aromatic heterocycles. The Kier molecular flexibility index (Phi) is 4.97. The normalized spacial score (nSPS) is 17.7. The van der Waals surface area contributed by atoms with E-state index in [1.54, 1.807) is 12.3 Å². The minimum Gasteiger partial charge on any atom is -0.387 e. The summed E-state index contributed by atoms with van der Waals surface area (Å²) >= 11 is 0. The van der Waals surface area contributed by atoms with Crippen LogP contribution in [0, 0.1) is 11.3 Å². The molecule has 114 valence electrons. The summed E-state index contributed by atoms with van der Waals surface area (Å²) < 4.78 is 0. The van der Waals surface area contributed by atoms with E-state index in [1.807, 2.05) is 0 Å². The van der Waals surface area contributed by atoms with Crippen LogP contribution in [0.5, 0.6) is 0 Å². The van der Waals surface area contributed by atoms with E-state index >= 15 is 0 Å². The Morgan fingerprint density at radius 2 is 2.10 bits per heavy atom. The van der Waals surface area contributed by atoms with Gasteiger partial charge in [-0.2, -0.15) is 5.26 Å². The van der Waals surface area contributed by atoms with Crippen molar-refractivity contribution in [3.05, 3.63) is 29.1 Å². The van der Waals surface area contributed by atoms with E-state index in [2.05, 4.69) is 37.1 Å². The van der Waals surface area contributed by atoms with Gasteiger partial charge in [-0.15, -0.1) is 0 Å². The summed E-state index contributed by atoms with van der Waals surface area (Å²) in [5.41, 5.74) is 2.27. The number of nitrogens with zero attached hydrogens (tertiary/aromatic N) is 2. The zero-order valence-corrected chi connectivity index (χ0v) is 13.2. The first-order chi connectivity index (χ1) is 9.90. The minimum absolute atomic E-state index is 0.0469. The molecule has 1 aliphatic rings. The quantitative estimate of drug-likeness (QED) is 0.893. The van der Waals surface area contributed by atoms with Crippen LogP contribution in [0.3, 0.4) is 0 Å². The molecule has 2 rings (SSSR count). The molecule has 1 aliphatic carbocycles. The number of nitrogens with one attached hydrogen (secondary N) is 1. The van der Waals surface area contributed by atoms with Gasteiger partial charge in [0, 0.05) is 35.5 Å². The van der Waals surface area contributed by atoms with E-state index in [1.165, 1.54) is 12.8 Å². The molecule has 0 amide bonds. The lowest BCUT2D eigenvalue weighted by Gasteiger charge is -2.24. The first-order valence-corrected chi connectivity index (χ1v) is 7.74. The second-order valence-electron chi connectivity index (χ2n) is 6.94. The Balaban J connectivity index is 2.24. The molecular formula is C17H25N3O. The first-order valence-electron chi connectivity index (χ1n) is 7.74. The Labute approximate surface area is 127 Å². The van der Waals surface area contributed by atoms with Gasteiger partial charge in [-0.25, -0.2) is 0 Å². The van der Waals surface area contributed by atoms with Crippen LogP contribution in [-0.2, 0) is 0 Å². The average molecular weight is 287 g/mol. The summed E-state index contributed by atoms with van der Waals surface area (Å²) in [6.07, 6.45) is 5.71. The van der Waals surface area contributed by atoms with Crippen molar-refractivity contribution in [1.82, 2.24) is 10.3 Å². The third-order valence-electron chi connectivity index (χ3n) is 4.01. The third-order valence-corrected chi connectivity index (χ3v) is 4.01. The Bertz CT molecular complexity index is 522. The number of pyridine rings is 1. The zero-order valence-electron chi connectivity index (χ0n) is 13.2. The molecular weight excluding hydrogens is 262 g/mol. The fourth-order valence-corrected chi connectivity index (χ4v) is 2.87. The van der Waals surface area contributed by atoms with Gasteiger partial charge in [-0.05, 0) is 39.7 Å². The van der Waals surface area contributed by atoms with Crippen molar-refractivity contribution in [2.24, 2.45) is 0 Å². The molecule has 0 aliphatic heterocycles. The highest BCUT2D eigenvalue weighted by atomic mass is 16.3. The lowest BCUT2D eigenvalue weighted by molar-refractivity contribution is 0.161. The molecule has 0 unspecified atom stereocenters. The predicted octanol–water partition coefficient (Wildman–Crippen LogP) is 3.03. The number of nitriles is 1. The summed E-state index contributed by atoms with van der Waals surface area (Å²) in [5, 5.41) is 22.9. The topological polar surface area (TPSA) is 68.9 Å². The second-order valence-corrected chi connectivity index (χ2v) is 6.94. The van der Waals surface area contributed by atoms with E-state index in [0.717, 1.165) is 24.1 Å². The molecule has 21 heavy (non-hydrogen) atoms. The SMILES string of the molecule is CC(C)(C)NC[C@H](O)c1cc(C#N)cnc1C1CCCC1. The average Bonchev–Trinajstić information content (AvgIpc) is 2.97. The van der Waals surface area contributed by atoms with Crippen LogP contribution in [0.4, 0.5) is 0 Å². The Morgan fingerprint density at radius 3 is 2.67 bits per heavy atom. The number of aliphatic hydroxyl groups is 1. The van der Waals surface area contributed by atoms with Crippen molar-refractivity contribution >= 4 is 0 Å². The molecule has 0 aromatic carbocycles. The van der Waals surface area contributed by atoms with E-state index in [9.17, 15) is 5.11 Å². The number of β-amino-alcohol motifs (C(OH)–C–C–N with tert-alkyl or cyclic N) is 1. The van der Waals surface area contributed by atoms with E-state index in [4.69, 9.17) is 5.26 Å². The van der Waals surface area contributed by atoms with Crippen molar-refractivity contribution in [2.45, 2.75) is 64.0 Å². The number of hydrogen-bond acceptors (Lipinski definition) is 4. The second kappa shape index (κ2) is 6.55. The van der Waals surface area contributed by atoms with Crippen LogP contribution in [0.2, 0.25) is 0 Å². The fourth-order valence-electron chi connectivity index (χ4n) is 2.87. The first kappa shape index (κ1) is 15.9. The molecule has 4 nitrogen and oxygen atoms in total. The maximum atomic E-state index is 10.5. The van der Waals surface area contributed by atoms with Crippen molar-refractivity contribution in [2.75, 3.05) is 6.54 Å². The summed E-state index contributed by atoms with van der Waals surface area (Å²) in [6.45, 7) is 6.68. The van der Waals surface area contributed by atoms with Crippen LogP contribution in [0.1, 0.15) is 75.3 Å². The van der Waals surface area contributed by atoms with Gasteiger partial charge < -0.3 is 10.4 Å². The summed E-state index contributed by atoms with van der Waals surface area (Å²) in [7, 11) is 0. The number of aliphatic hydroxyl groups excluding tert-OH is 1. The summed E-state index contributed by atoms with van der Waals surface area (Å²) in [6, 6.07) is 3.92. The maximum absolute atomic E-state index is 10.5. The molecule has 0 radical (unpaired) electrons. The highest BCUT2D eigenvalue weighted by Gasteiger charge is 2.25. The molecule has 2 N–H and O–H groups in total. The lowest BCUT2D eigenvalue weighted by atomic mass is 9.94. The van der Waals surface area contributed by atoms with Gasteiger partial charge in [0.15, 0.2) is 0 Å². The van der Waals surface area contributed by atoms with E-state index in [-0.39, 0.29) is 5.54 Å². The minimum atomic E-state index is -0.624.